The number of ether oxygens (including phenoxy) is 2. The molecular formula is C29H36N4O5. The fraction of sp³-hybridized carbons (Fsp3) is 0.448. The van der Waals surface area contributed by atoms with E-state index >= 15 is 0 Å². The first kappa shape index (κ1) is 28.7. The number of hydrogen-bond donors (Lipinski definition) is 1. The van der Waals surface area contributed by atoms with Gasteiger partial charge >= 0.3 is 6.09 Å². The molecular weight excluding hydrogens is 484 g/mol. The second-order valence-corrected chi connectivity index (χ2v) is 10.2. The summed E-state index contributed by atoms with van der Waals surface area (Å²) >= 11 is 0. The molecule has 1 saturated heterocycles. The van der Waals surface area contributed by atoms with E-state index in [1.807, 2.05) is 30.3 Å². The minimum Gasteiger partial charge on any atom is -0.444 e. The summed E-state index contributed by atoms with van der Waals surface area (Å²) in [7, 11) is 3.21. The number of carbonyl (C=O) groups is 3. The number of likely N-dealkylation sites (N-methyl/N-ethyl adjacent to an activating group) is 1. The Morgan fingerprint density at radius 3 is 2.34 bits per heavy atom. The Kier molecular flexibility index (Phi) is 9.48. The van der Waals surface area contributed by atoms with Crippen LogP contribution in [0.15, 0.2) is 42.5 Å². The smallest absolute Gasteiger partial charge is 0.410 e. The predicted molar refractivity (Wildman–Crippen MR) is 146 cm³/mol. The maximum absolute atomic E-state index is 13.2. The Morgan fingerprint density at radius 1 is 1.05 bits per heavy atom. The van der Waals surface area contributed by atoms with E-state index in [1.54, 1.807) is 51.8 Å². The van der Waals surface area contributed by atoms with Crippen molar-refractivity contribution in [2.45, 2.75) is 52.2 Å². The van der Waals surface area contributed by atoms with Gasteiger partial charge in [-0.25, -0.2) is 9.78 Å². The van der Waals surface area contributed by atoms with Gasteiger partial charge in [-0.15, -0.1) is 0 Å². The largest absolute Gasteiger partial charge is 0.444 e. The van der Waals surface area contributed by atoms with Crippen LogP contribution in [0, 0.1) is 17.8 Å². The second kappa shape index (κ2) is 12.6. The van der Waals surface area contributed by atoms with Crippen molar-refractivity contribution in [3.63, 3.8) is 0 Å². The molecule has 1 unspecified atom stereocenters. The summed E-state index contributed by atoms with van der Waals surface area (Å²) < 4.78 is 10.8. The van der Waals surface area contributed by atoms with Gasteiger partial charge in [-0.3, -0.25) is 14.5 Å². The van der Waals surface area contributed by atoms with Gasteiger partial charge in [0.1, 0.15) is 23.2 Å². The molecule has 0 aliphatic carbocycles. The van der Waals surface area contributed by atoms with Crippen LogP contribution in [0.5, 0.6) is 0 Å². The van der Waals surface area contributed by atoms with Crippen molar-refractivity contribution in [1.29, 1.82) is 0 Å². The third-order valence-electron chi connectivity index (χ3n) is 6.13. The van der Waals surface area contributed by atoms with Crippen molar-refractivity contribution < 1.29 is 23.9 Å². The monoisotopic (exact) mass is 520 g/mol. The van der Waals surface area contributed by atoms with Crippen molar-refractivity contribution in [2.75, 3.05) is 37.5 Å². The Balaban J connectivity index is 1.85. The lowest BCUT2D eigenvalue weighted by molar-refractivity contribution is -0.125. The maximum atomic E-state index is 13.2. The highest BCUT2D eigenvalue weighted by molar-refractivity contribution is 5.97. The van der Waals surface area contributed by atoms with Gasteiger partial charge in [0.25, 0.3) is 0 Å². The fourth-order valence-electron chi connectivity index (χ4n) is 3.77. The lowest BCUT2D eigenvalue weighted by atomic mass is 9.98. The van der Waals surface area contributed by atoms with E-state index in [9.17, 15) is 14.4 Å². The quantitative estimate of drug-likeness (QED) is 0.597. The van der Waals surface area contributed by atoms with Crippen LogP contribution in [0.25, 0.3) is 0 Å². The molecule has 1 aromatic heterocycles. The molecule has 1 fully saturated rings. The standard InChI is InChI=1S/C29H36N4O5/c1-20(32(5)28(36)38-29(2,3)4)26(34)31-25-15-14-24(33(6)27(35)22-16-18-37-19-17-22)23(30-25)13-12-21-10-8-7-9-11-21/h7-11,14-15,20,22H,16-19H2,1-6H3,(H,30,31,34). The molecule has 1 aliphatic rings. The number of carbonyl (C=O) groups excluding carboxylic acids is 3. The summed E-state index contributed by atoms with van der Waals surface area (Å²) in [6.45, 7) is 8.00. The molecule has 202 valence electrons. The van der Waals surface area contributed by atoms with Crippen LogP contribution in [-0.2, 0) is 19.1 Å². The molecule has 2 heterocycles. The average molecular weight is 521 g/mol. The van der Waals surface area contributed by atoms with E-state index in [0.29, 0.717) is 37.4 Å². The molecule has 9 heteroatoms. The highest BCUT2D eigenvalue weighted by atomic mass is 16.6. The Bertz CT molecular complexity index is 1210. The number of benzene rings is 1. The number of nitrogens with zero attached hydrogens (tertiary/aromatic N) is 3. The van der Waals surface area contributed by atoms with Crippen LogP contribution in [0.3, 0.4) is 0 Å². The van der Waals surface area contributed by atoms with Crippen LogP contribution in [0.2, 0.25) is 0 Å². The zero-order valence-electron chi connectivity index (χ0n) is 22.9. The molecule has 38 heavy (non-hydrogen) atoms. The summed E-state index contributed by atoms with van der Waals surface area (Å²) in [6, 6.07) is 12.0. The molecule has 1 atom stereocenters. The van der Waals surface area contributed by atoms with Crippen molar-refractivity contribution in [2.24, 2.45) is 5.92 Å². The third kappa shape index (κ3) is 7.80. The van der Waals surface area contributed by atoms with Gasteiger partial charge in [0.2, 0.25) is 11.8 Å². The summed E-state index contributed by atoms with van der Waals surface area (Å²) in [5, 5.41) is 2.75. The highest BCUT2D eigenvalue weighted by Gasteiger charge is 2.29. The van der Waals surface area contributed by atoms with Crippen LogP contribution < -0.4 is 10.2 Å². The van der Waals surface area contributed by atoms with E-state index in [1.165, 1.54) is 11.9 Å². The minimum atomic E-state index is -0.817. The van der Waals surface area contributed by atoms with Crippen molar-refractivity contribution >= 4 is 29.4 Å². The Hall–Kier alpha value is -3.90. The first-order chi connectivity index (χ1) is 18.0. The predicted octanol–water partition coefficient (Wildman–Crippen LogP) is 4.06. The molecule has 9 nitrogen and oxygen atoms in total. The zero-order chi connectivity index (χ0) is 27.9. The summed E-state index contributed by atoms with van der Waals surface area (Å²) in [4.78, 5) is 45.9. The molecule has 1 aromatic carbocycles. The topological polar surface area (TPSA) is 101 Å². The Morgan fingerprint density at radius 2 is 1.71 bits per heavy atom. The van der Waals surface area contributed by atoms with Crippen molar-refractivity contribution in [1.82, 2.24) is 9.88 Å². The molecule has 0 radical (unpaired) electrons. The maximum Gasteiger partial charge on any atom is 0.410 e. The van der Waals surface area contributed by atoms with Gasteiger partial charge in [-0.1, -0.05) is 24.1 Å². The summed E-state index contributed by atoms with van der Waals surface area (Å²) in [6.07, 6.45) is 0.726. The van der Waals surface area contributed by atoms with Crippen molar-refractivity contribution in [3.05, 3.63) is 53.7 Å². The first-order valence-corrected chi connectivity index (χ1v) is 12.7. The number of pyridine rings is 1. The van der Waals surface area contributed by atoms with E-state index in [0.717, 1.165) is 5.56 Å². The fourth-order valence-corrected chi connectivity index (χ4v) is 3.77. The Labute approximate surface area is 224 Å². The number of hydrogen-bond acceptors (Lipinski definition) is 6. The van der Waals surface area contributed by atoms with Gasteiger partial charge in [0.15, 0.2) is 0 Å². The molecule has 2 aromatic rings. The van der Waals surface area contributed by atoms with Crippen molar-refractivity contribution in [3.8, 4) is 11.8 Å². The number of rotatable bonds is 5. The normalized spacial score (nSPS) is 14.5. The summed E-state index contributed by atoms with van der Waals surface area (Å²) in [5.74, 6) is 5.80. The average Bonchev–Trinajstić information content (AvgIpc) is 2.90. The van der Waals surface area contributed by atoms with Gasteiger partial charge in [-0.2, -0.15) is 0 Å². The van der Waals surface area contributed by atoms with Gasteiger partial charge in [-0.05, 0) is 70.7 Å². The summed E-state index contributed by atoms with van der Waals surface area (Å²) in [5.41, 5.74) is 1.00. The van der Waals surface area contributed by atoms with E-state index in [-0.39, 0.29) is 17.6 Å². The molecule has 0 spiro atoms. The van der Waals surface area contributed by atoms with Gasteiger partial charge in [0.05, 0.1) is 5.69 Å². The van der Waals surface area contributed by atoms with E-state index in [4.69, 9.17) is 9.47 Å². The molecule has 1 aliphatic heterocycles. The lowest BCUT2D eigenvalue weighted by Gasteiger charge is -2.28. The van der Waals surface area contributed by atoms with E-state index in [2.05, 4.69) is 22.1 Å². The van der Waals surface area contributed by atoms with Crippen LogP contribution in [0.1, 0.15) is 51.8 Å². The zero-order valence-corrected chi connectivity index (χ0v) is 22.9. The lowest BCUT2D eigenvalue weighted by Crippen LogP contribution is -2.45. The first-order valence-electron chi connectivity index (χ1n) is 12.7. The number of nitrogens with one attached hydrogen (secondary N) is 1. The SMILES string of the molecule is CC(C(=O)Nc1ccc(N(C)C(=O)C2CCOCC2)c(C#Cc2ccccc2)n1)N(C)C(=O)OC(C)(C)C. The van der Waals surface area contributed by atoms with Gasteiger partial charge in [0, 0.05) is 38.8 Å². The molecule has 3 amide bonds. The van der Waals surface area contributed by atoms with Crippen LogP contribution in [0.4, 0.5) is 16.3 Å². The highest BCUT2D eigenvalue weighted by Crippen LogP contribution is 2.25. The number of anilines is 2. The van der Waals surface area contributed by atoms with E-state index < -0.39 is 23.6 Å². The third-order valence-corrected chi connectivity index (χ3v) is 6.13. The molecule has 0 bridgehead atoms. The van der Waals surface area contributed by atoms with Gasteiger partial charge < -0.3 is 19.7 Å². The molecule has 0 saturated carbocycles. The minimum absolute atomic E-state index is 0.0257. The number of amides is 3. The van der Waals surface area contributed by atoms with Crippen LogP contribution in [-0.4, -0.2) is 66.7 Å². The second-order valence-electron chi connectivity index (χ2n) is 10.2. The van der Waals surface area contributed by atoms with Crippen LogP contribution >= 0.6 is 0 Å². The molecule has 3 rings (SSSR count). The molecule has 1 N–H and O–H groups in total. The number of aromatic nitrogens is 1.